The van der Waals surface area contributed by atoms with Gasteiger partial charge in [0.15, 0.2) is 6.61 Å². The number of ether oxygens (including phenoxy) is 2. The Morgan fingerprint density at radius 1 is 0.960 bits per heavy atom. The van der Waals surface area contributed by atoms with Crippen molar-refractivity contribution in [2.75, 3.05) is 19.8 Å². The van der Waals surface area contributed by atoms with E-state index in [1.165, 1.54) is 0 Å². The zero-order valence-electron chi connectivity index (χ0n) is 14.2. The second-order valence-corrected chi connectivity index (χ2v) is 6.04. The third-order valence-corrected chi connectivity index (χ3v) is 3.44. The van der Waals surface area contributed by atoms with Gasteiger partial charge in [0.25, 0.3) is 0 Å². The van der Waals surface area contributed by atoms with E-state index in [9.17, 15) is 35.9 Å². The van der Waals surface area contributed by atoms with E-state index in [1.54, 1.807) is 20.8 Å². The van der Waals surface area contributed by atoms with Crippen LogP contribution in [0.4, 0.5) is 31.1 Å². The average Bonchev–Trinajstić information content (AvgIpc) is 2.47. The van der Waals surface area contributed by atoms with Gasteiger partial charge >= 0.3 is 29.8 Å². The van der Waals surface area contributed by atoms with Crippen LogP contribution in [0.3, 0.4) is 0 Å². The smallest absolute Gasteiger partial charge is 0.407 e. The molecule has 0 aromatic carbocycles. The zero-order chi connectivity index (χ0) is 20.1. The quantitative estimate of drug-likeness (QED) is 0.376. The van der Waals surface area contributed by atoms with Gasteiger partial charge in [-0.2, -0.15) is 26.3 Å². The van der Waals surface area contributed by atoms with Crippen LogP contribution in [0.5, 0.6) is 0 Å². The first kappa shape index (κ1) is 23.3. The van der Waals surface area contributed by atoms with E-state index in [0.717, 1.165) is 0 Å². The third-order valence-electron chi connectivity index (χ3n) is 3.44. The van der Waals surface area contributed by atoms with Crippen molar-refractivity contribution in [1.82, 2.24) is 5.32 Å². The maximum atomic E-state index is 13.1. The fourth-order valence-electron chi connectivity index (χ4n) is 1.26. The lowest BCUT2D eigenvalue weighted by atomic mass is 9.91. The van der Waals surface area contributed by atoms with Gasteiger partial charge in [-0.3, -0.25) is 4.79 Å². The van der Waals surface area contributed by atoms with Crippen LogP contribution < -0.4 is 5.32 Å². The summed E-state index contributed by atoms with van der Waals surface area (Å²) in [6.45, 7) is 1.76. The molecule has 0 spiro atoms. The van der Waals surface area contributed by atoms with Crippen molar-refractivity contribution in [3.05, 3.63) is 0 Å². The van der Waals surface area contributed by atoms with Crippen molar-refractivity contribution >= 4 is 12.1 Å². The molecular weight excluding hydrogens is 360 g/mol. The number of hydrogen-bond donors (Lipinski definition) is 1. The molecule has 0 bridgehead atoms. The second-order valence-electron chi connectivity index (χ2n) is 6.04. The number of carbonyl (C=O) groups is 2. The van der Waals surface area contributed by atoms with Crippen LogP contribution in [-0.2, 0) is 14.3 Å². The van der Waals surface area contributed by atoms with Gasteiger partial charge in [-0.05, 0) is 20.3 Å². The molecule has 5 nitrogen and oxygen atoms in total. The number of amides is 1. The van der Waals surface area contributed by atoms with Crippen LogP contribution in [0, 0.1) is 5.41 Å². The Balaban J connectivity index is 4.31. The van der Waals surface area contributed by atoms with Gasteiger partial charge in [-0.1, -0.05) is 6.92 Å². The molecule has 0 aliphatic carbocycles. The summed E-state index contributed by atoms with van der Waals surface area (Å²) >= 11 is 0. The van der Waals surface area contributed by atoms with E-state index in [4.69, 9.17) is 4.74 Å². The molecule has 0 rings (SSSR count). The van der Waals surface area contributed by atoms with Gasteiger partial charge in [0.1, 0.15) is 6.61 Å². The molecular formula is C14H21F6NO4. The molecule has 0 fully saturated rings. The highest BCUT2D eigenvalue weighted by Crippen LogP contribution is 2.45. The first-order valence-corrected chi connectivity index (χ1v) is 7.30. The number of rotatable bonds is 9. The molecule has 11 heteroatoms. The van der Waals surface area contributed by atoms with Crippen LogP contribution in [-0.4, -0.2) is 49.6 Å². The van der Waals surface area contributed by atoms with Crippen LogP contribution in [0.2, 0.25) is 0 Å². The molecule has 148 valence electrons. The highest BCUT2D eigenvalue weighted by atomic mass is 19.3. The summed E-state index contributed by atoms with van der Waals surface area (Å²) in [5, 5.41) is 1.87. The fraction of sp³-hybridized carbons (Fsp3) is 0.857. The maximum Gasteiger partial charge on any atom is 0.407 e. The van der Waals surface area contributed by atoms with Crippen LogP contribution >= 0.6 is 0 Å². The van der Waals surface area contributed by atoms with E-state index < -0.39 is 41.9 Å². The topological polar surface area (TPSA) is 64.6 Å². The summed E-state index contributed by atoms with van der Waals surface area (Å²) in [4.78, 5) is 22.7. The van der Waals surface area contributed by atoms with Crippen molar-refractivity contribution in [2.45, 2.75) is 51.9 Å². The molecule has 0 unspecified atom stereocenters. The Kier molecular flexibility index (Phi) is 7.59. The summed E-state index contributed by atoms with van der Waals surface area (Å²) in [7, 11) is 0. The summed E-state index contributed by atoms with van der Waals surface area (Å²) in [6, 6.07) is 0. The van der Waals surface area contributed by atoms with E-state index in [-0.39, 0.29) is 20.1 Å². The number of hydrogen-bond acceptors (Lipinski definition) is 4. The molecule has 0 aromatic rings. The molecule has 0 atom stereocenters. The minimum Gasteiger partial charge on any atom is -0.463 e. The lowest BCUT2D eigenvalue weighted by Gasteiger charge is -2.30. The van der Waals surface area contributed by atoms with Gasteiger partial charge in [-0.15, -0.1) is 0 Å². The summed E-state index contributed by atoms with van der Waals surface area (Å²) in [5.74, 6) is -16.5. The first-order chi connectivity index (χ1) is 11.1. The lowest BCUT2D eigenvalue weighted by Crippen LogP contribution is -2.55. The van der Waals surface area contributed by atoms with E-state index in [2.05, 4.69) is 4.74 Å². The summed E-state index contributed by atoms with van der Waals surface area (Å²) in [6.07, 6.45) is -1.05. The molecule has 0 aliphatic rings. The molecule has 0 saturated carbocycles. The van der Waals surface area contributed by atoms with E-state index >= 15 is 0 Å². The van der Waals surface area contributed by atoms with Gasteiger partial charge in [-0.25, -0.2) is 4.79 Å². The fourth-order valence-corrected chi connectivity index (χ4v) is 1.26. The third kappa shape index (κ3) is 6.28. The Morgan fingerprint density at radius 3 is 1.92 bits per heavy atom. The Hall–Kier alpha value is -1.68. The minimum atomic E-state index is -5.69. The van der Waals surface area contributed by atoms with Gasteiger partial charge in [0.05, 0.1) is 12.0 Å². The van der Waals surface area contributed by atoms with Crippen LogP contribution in [0.15, 0.2) is 0 Å². The van der Waals surface area contributed by atoms with Crippen LogP contribution in [0.1, 0.15) is 34.1 Å². The predicted molar refractivity (Wildman–Crippen MR) is 74.9 cm³/mol. The molecule has 0 saturated heterocycles. The number of halogens is 6. The minimum absolute atomic E-state index is 0.309. The Bertz CT molecular complexity index is 476. The van der Waals surface area contributed by atoms with Gasteiger partial charge in [0, 0.05) is 6.92 Å². The lowest BCUT2D eigenvalue weighted by molar-refractivity contribution is -0.310. The summed E-state index contributed by atoms with van der Waals surface area (Å²) < 4.78 is 85.8. The second kappa shape index (κ2) is 8.13. The van der Waals surface area contributed by atoms with E-state index in [1.807, 2.05) is 5.32 Å². The standard InChI is InChI=1S/C14H21F6NO4/c1-5-11(2,3)9(22)24-7-6-21-10(23)25-8-13(17,18)14(19,20)12(4,15)16/h5-8H2,1-4H3,(H,21,23). The predicted octanol–water partition coefficient (Wildman–Crippen LogP) is 3.62. The van der Waals surface area contributed by atoms with Crippen molar-refractivity contribution in [3.8, 4) is 0 Å². The van der Waals surface area contributed by atoms with Gasteiger partial charge < -0.3 is 14.8 Å². The molecule has 0 aromatic heterocycles. The average molecular weight is 381 g/mol. The molecule has 0 aliphatic heterocycles. The summed E-state index contributed by atoms with van der Waals surface area (Å²) in [5.41, 5.74) is -0.750. The molecule has 1 N–H and O–H groups in total. The largest absolute Gasteiger partial charge is 0.463 e. The monoisotopic (exact) mass is 381 g/mol. The van der Waals surface area contributed by atoms with Crippen LogP contribution in [0.25, 0.3) is 0 Å². The molecule has 25 heavy (non-hydrogen) atoms. The van der Waals surface area contributed by atoms with Crippen molar-refractivity contribution in [3.63, 3.8) is 0 Å². The zero-order valence-corrected chi connectivity index (χ0v) is 14.2. The Morgan fingerprint density at radius 2 is 1.48 bits per heavy atom. The highest BCUT2D eigenvalue weighted by Gasteiger charge is 2.69. The number of esters is 1. The van der Waals surface area contributed by atoms with Gasteiger partial charge in [0.2, 0.25) is 0 Å². The van der Waals surface area contributed by atoms with Crippen molar-refractivity contribution in [1.29, 1.82) is 0 Å². The number of carbonyl (C=O) groups excluding carboxylic acids is 2. The highest BCUT2D eigenvalue weighted by molar-refractivity contribution is 5.75. The normalized spacial score (nSPS) is 13.4. The number of alkyl carbamates (subject to hydrolysis) is 1. The SMILES string of the molecule is CCC(C)(C)C(=O)OCCNC(=O)OCC(F)(F)C(F)(F)C(C)(F)F. The number of nitrogens with one attached hydrogen (secondary N) is 1. The molecule has 0 radical (unpaired) electrons. The first-order valence-electron chi connectivity index (χ1n) is 7.30. The van der Waals surface area contributed by atoms with Crippen molar-refractivity contribution in [2.24, 2.45) is 5.41 Å². The number of alkyl halides is 6. The van der Waals surface area contributed by atoms with Crippen molar-refractivity contribution < 1.29 is 45.4 Å². The van der Waals surface area contributed by atoms with E-state index in [0.29, 0.717) is 6.42 Å². The maximum absolute atomic E-state index is 13.1. The molecule has 1 amide bonds. The Labute approximate surface area is 141 Å². The molecule has 0 heterocycles.